The molecule has 0 aliphatic carbocycles. The zero-order valence-electron chi connectivity index (χ0n) is 11.4. The van der Waals surface area contributed by atoms with Crippen LogP contribution in [0.4, 0.5) is 13.2 Å². The van der Waals surface area contributed by atoms with Crippen molar-refractivity contribution in [1.82, 2.24) is 9.97 Å². The molecule has 0 radical (unpaired) electrons. The third kappa shape index (κ3) is 4.18. The van der Waals surface area contributed by atoms with Gasteiger partial charge in [-0.3, -0.25) is 0 Å². The second kappa shape index (κ2) is 6.00. The van der Waals surface area contributed by atoms with Crippen molar-refractivity contribution in [2.24, 2.45) is 0 Å². The summed E-state index contributed by atoms with van der Waals surface area (Å²) in [5.74, 6) is -1.84. The summed E-state index contributed by atoms with van der Waals surface area (Å²) in [4.78, 5) is 18.7. The smallest absolute Gasteiger partial charge is 0.422 e. The molecule has 1 heterocycles. The van der Waals surface area contributed by atoms with Crippen molar-refractivity contribution >= 4 is 5.97 Å². The van der Waals surface area contributed by atoms with Gasteiger partial charge in [0.25, 0.3) is 0 Å². The van der Waals surface area contributed by atoms with Crippen LogP contribution in [0.5, 0.6) is 5.88 Å². The van der Waals surface area contributed by atoms with E-state index in [2.05, 4.69) is 14.7 Å². The number of aromatic carboxylic acids is 1. The normalized spacial score (nSPS) is 11.3. The first kappa shape index (κ1) is 15.7. The van der Waals surface area contributed by atoms with Crippen molar-refractivity contribution in [3.63, 3.8) is 0 Å². The quantitative estimate of drug-likeness (QED) is 0.939. The number of hydrogen-bond acceptors (Lipinski definition) is 4. The molecule has 5 nitrogen and oxygen atoms in total. The number of rotatable bonds is 4. The van der Waals surface area contributed by atoms with Crippen LogP contribution in [0.15, 0.2) is 30.3 Å². The molecule has 1 aromatic heterocycles. The van der Waals surface area contributed by atoms with Crippen molar-refractivity contribution in [3.8, 4) is 17.3 Å². The van der Waals surface area contributed by atoms with Gasteiger partial charge in [-0.25, -0.2) is 9.78 Å². The molecule has 0 fully saturated rings. The topological polar surface area (TPSA) is 72.3 Å². The fourth-order valence-electron chi connectivity index (χ4n) is 1.60. The van der Waals surface area contributed by atoms with Gasteiger partial charge in [0, 0.05) is 11.6 Å². The summed E-state index contributed by atoms with van der Waals surface area (Å²) in [5.41, 5.74) is 1.000. The number of nitrogens with zero attached hydrogens (tertiary/aromatic N) is 2. The second-order valence-corrected chi connectivity index (χ2v) is 4.49. The van der Waals surface area contributed by atoms with E-state index in [1.54, 1.807) is 24.3 Å². The Labute approximate surface area is 123 Å². The van der Waals surface area contributed by atoms with Gasteiger partial charge >= 0.3 is 12.1 Å². The van der Waals surface area contributed by atoms with Gasteiger partial charge in [0.15, 0.2) is 18.1 Å². The van der Waals surface area contributed by atoms with Gasteiger partial charge in [-0.05, 0) is 6.92 Å². The highest BCUT2D eigenvalue weighted by molar-refractivity contribution is 5.86. The van der Waals surface area contributed by atoms with Crippen LogP contribution in [0.1, 0.15) is 16.1 Å². The minimum Gasteiger partial charge on any atom is -0.477 e. The molecule has 0 aliphatic heterocycles. The molecule has 0 spiro atoms. The lowest BCUT2D eigenvalue weighted by Crippen LogP contribution is -2.20. The van der Waals surface area contributed by atoms with Crippen LogP contribution in [-0.2, 0) is 0 Å². The van der Waals surface area contributed by atoms with E-state index in [0.29, 0.717) is 5.56 Å². The highest BCUT2D eigenvalue weighted by Gasteiger charge is 2.29. The monoisotopic (exact) mass is 312 g/mol. The third-order valence-corrected chi connectivity index (χ3v) is 2.62. The van der Waals surface area contributed by atoms with Crippen LogP contribution in [0.25, 0.3) is 11.4 Å². The number of alkyl halides is 3. The zero-order chi connectivity index (χ0) is 16.3. The third-order valence-electron chi connectivity index (χ3n) is 2.62. The summed E-state index contributed by atoms with van der Waals surface area (Å²) >= 11 is 0. The van der Waals surface area contributed by atoms with Crippen molar-refractivity contribution in [1.29, 1.82) is 0 Å². The minimum atomic E-state index is -4.54. The first-order chi connectivity index (χ1) is 10.2. The van der Waals surface area contributed by atoms with Gasteiger partial charge < -0.3 is 9.84 Å². The number of aryl methyl sites for hydroxylation is 1. The first-order valence-corrected chi connectivity index (χ1v) is 6.13. The number of carbonyl (C=O) groups is 1. The van der Waals surface area contributed by atoms with Crippen LogP contribution < -0.4 is 4.74 Å². The minimum absolute atomic E-state index is 0.0166. The molecular weight excluding hydrogens is 301 g/mol. The Morgan fingerprint density at radius 3 is 2.41 bits per heavy atom. The number of aromatic nitrogens is 2. The Morgan fingerprint density at radius 2 is 1.86 bits per heavy atom. The van der Waals surface area contributed by atoms with Crippen molar-refractivity contribution in [3.05, 3.63) is 41.6 Å². The molecule has 2 rings (SSSR count). The van der Waals surface area contributed by atoms with Gasteiger partial charge in [0.1, 0.15) is 0 Å². The number of halogens is 3. The molecule has 116 valence electrons. The average Bonchev–Trinajstić information content (AvgIpc) is 2.45. The number of carboxylic acids is 1. The van der Waals surface area contributed by atoms with Gasteiger partial charge in [0.2, 0.25) is 5.88 Å². The maximum Gasteiger partial charge on any atom is 0.422 e. The Hall–Kier alpha value is -2.64. The van der Waals surface area contributed by atoms with Crippen LogP contribution in [0, 0.1) is 6.92 Å². The molecule has 0 saturated heterocycles. The molecular formula is C14H11F3N2O3. The summed E-state index contributed by atoms with van der Waals surface area (Å²) in [6.07, 6.45) is -4.54. The van der Waals surface area contributed by atoms with Gasteiger partial charge in [0.05, 0.1) is 0 Å². The molecule has 0 atom stereocenters. The van der Waals surface area contributed by atoms with E-state index in [1.807, 2.05) is 6.92 Å². The summed E-state index contributed by atoms with van der Waals surface area (Å²) in [5, 5.41) is 8.98. The molecule has 0 bridgehead atoms. The standard InChI is InChI=1S/C14H11F3N2O3/c1-8-2-4-9(5-3-8)12-18-10(13(20)21)6-11(19-12)22-7-14(15,16)17/h2-6H,7H2,1H3,(H,20,21). The molecule has 8 heteroatoms. The van der Waals surface area contributed by atoms with Gasteiger partial charge in [-0.1, -0.05) is 29.8 Å². The Morgan fingerprint density at radius 1 is 1.23 bits per heavy atom. The van der Waals surface area contributed by atoms with E-state index in [1.165, 1.54) is 0 Å². The van der Waals surface area contributed by atoms with Gasteiger partial charge in [-0.15, -0.1) is 0 Å². The first-order valence-electron chi connectivity index (χ1n) is 6.13. The molecule has 1 N–H and O–H groups in total. The Bertz CT molecular complexity index is 685. The summed E-state index contributed by atoms with van der Waals surface area (Å²) in [6.45, 7) is 0.298. The van der Waals surface area contributed by atoms with Crippen molar-refractivity contribution in [2.75, 3.05) is 6.61 Å². The number of carboxylic acid groups (broad SMARTS) is 1. The zero-order valence-corrected chi connectivity index (χ0v) is 11.4. The van der Waals surface area contributed by atoms with E-state index in [9.17, 15) is 18.0 Å². The Balaban J connectivity index is 2.39. The lowest BCUT2D eigenvalue weighted by molar-refractivity contribution is -0.154. The maximum absolute atomic E-state index is 12.2. The maximum atomic E-state index is 12.2. The predicted molar refractivity (Wildman–Crippen MR) is 70.7 cm³/mol. The van der Waals surface area contributed by atoms with E-state index >= 15 is 0 Å². The lowest BCUT2D eigenvalue weighted by atomic mass is 10.1. The van der Waals surface area contributed by atoms with E-state index < -0.39 is 30.3 Å². The van der Waals surface area contributed by atoms with E-state index in [-0.39, 0.29) is 5.82 Å². The number of benzene rings is 1. The van der Waals surface area contributed by atoms with E-state index in [4.69, 9.17) is 5.11 Å². The average molecular weight is 312 g/mol. The Kier molecular flexibility index (Phi) is 4.30. The summed E-state index contributed by atoms with van der Waals surface area (Å²) in [7, 11) is 0. The fourth-order valence-corrected chi connectivity index (χ4v) is 1.60. The van der Waals surface area contributed by atoms with Gasteiger partial charge in [-0.2, -0.15) is 18.2 Å². The second-order valence-electron chi connectivity index (χ2n) is 4.49. The number of hydrogen-bond donors (Lipinski definition) is 1. The van der Waals surface area contributed by atoms with Crippen LogP contribution >= 0.6 is 0 Å². The number of ether oxygens (including phenoxy) is 1. The fraction of sp³-hybridized carbons (Fsp3) is 0.214. The molecule has 2 aromatic rings. The lowest BCUT2D eigenvalue weighted by Gasteiger charge is -2.10. The molecule has 0 unspecified atom stereocenters. The molecule has 0 aliphatic rings. The van der Waals surface area contributed by atoms with E-state index in [0.717, 1.165) is 11.6 Å². The van der Waals surface area contributed by atoms with Crippen LogP contribution in [0.2, 0.25) is 0 Å². The molecule has 1 aromatic carbocycles. The molecule has 22 heavy (non-hydrogen) atoms. The summed E-state index contributed by atoms with van der Waals surface area (Å²) in [6, 6.07) is 7.64. The van der Waals surface area contributed by atoms with Crippen LogP contribution in [0.3, 0.4) is 0 Å². The molecule has 0 amide bonds. The van der Waals surface area contributed by atoms with Crippen molar-refractivity contribution in [2.45, 2.75) is 13.1 Å². The highest BCUT2D eigenvalue weighted by Crippen LogP contribution is 2.22. The highest BCUT2D eigenvalue weighted by atomic mass is 19.4. The molecule has 0 saturated carbocycles. The van der Waals surface area contributed by atoms with Crippen LogP contribution in [-0.4, -0.2) is 33.8 Å². The van der Waals surface area contributed by atoms with Crippen molar-refractivity contribution < 1.29 is 27.8 Å². The largest absolute Gasteiger partial charge is 0.477 e. The SMILES string of the molecule is Cc1ccc(-c2nc(OCC(F)(F)F)cc(C(=O)O)n2)cc1. The summed E-state index contributed by atoms with van der Waals surface area (Å²) < 4.78 is 41.1. The predicted octanol–water partition coefficient (Wildman–Crippen LogP) is 3.09.